The summed E-state index contributed by atoms with van der Waals surface area (Å²) < 4.78 is 142. The number of nitrogens with one attached hydrogen (secondary N) is 2. The van der Waals surface area contributed by atoms with Gasteiger partial charge in [0.25, 0.3) is 40.5 Å². The van der Waals surface area contributed by atoms with Crippen LogP contribution >= 0.6 is 0 Å². The standard InChI is InChI=1S/C44H30N4O12S4/c49-61(50,51)34-15-9-26(10-16-34)41-40(28-18-36(63(55,56)57)24-37(19-28)64(58,59)60)39-23-32-14-13-30(46-32)20-29-11-12-31(45-29)21-33-22-38(25-5-2-1-3-6-25)43(47-33)42(44(41)48-39)27-7-4-8-35(17-27)62(52,53)54/h1-24,45,48H,(H,49,50,51)(H,52,53,54)(H,55,56,57)(H,58,59,60). The molecule has 0 atom stereocenters. The van der Waals surface area contributed by atoms with Crippen LogP contribution in [-0.2, 0) is 40.5 Å². The first-order valence-electron chi connectivity index (χ1n) is 18.7. The van der Waals surface area contributed by atoms with Crippen LogP contribution in [0, 0.1) is 0 Å². The molecule has 5 heterocycles. The second-order valence-corrected chi connectivity index (χ2v) is 20.3. The Morgan fingerprint density at radius 3 is 1.58 bits per heavy atom. The minimum absolute atomic E-state index is 0.0134. The molecule has 7 aromatic rings. The van der Waals surface area contributed by atoms with E-state index in [1.807, 2.05) is 30.3 Å². The fourth-order valence-corrected chi connectivity index (χ4v) is 9.77. The molecule has 16 nitrogen and oxygen atoms in total. The van der Waals surface area contributed by atoms with Gasteiger partial charge < -0.3 is 9.97 Å². The highest BCUT2D eigenvalue weighted by atomic mass is 32.2. The molecule has 0 unspecified atom stereocenters. The second-order valence-electron chi connectivity index (χ2n) is 14.6. The molecule has 0 radical (unpaired) electrons. The fourth-order valence-electron chi connectivity index (χ4n) is 7.58. The Balaban J connectivity index is 1.59. The molecule has 0 amide bonds. The lowest BCUT2D eigenvalue weighted by Crippen LogP contribution is -2.04. The molecule has 20 heteroatoms. The fraction of sp³-hybridized carbons (Fsp3) is 0. The number of H-pyrrole nitrogens is 2. The largest absolute Gasteiger partial charge is 0.355 e. The molecule has 0 saturated carbocycles. The molecule has 2 aliphatic rings. The van der Waals surface area contributed by atoms with Gasteiger partial charge in [-0.2, -0.15) is 33.7 Å². The van der Waals surface area contributed by atoms with E-state index in [9.17, 15) is 51.9 Å². The first-order chi connectivity index (χ1) is 30.2. The van der Waals surface area contributed by atoms with Gasteiger partial charge in [0, 0.05) is 38.8 Å². The maximum atomic E-state index is 12.8. The average molecular weight is 935 g/mol. The van der Waals surface area contributed by atoms with Gasteiger partial charge >= 0.3 is 0 Å². The highest BCUT2D eigenvalue weighted by molar-refractivity contribution is 7.87. The van der Waals surface area contributed by atoms with Crippen molar-refractivity contribution in [1.82, 2.24) is 19.9 Å². The van der Waals surface area contributed by atoms with Crippen molar-refractivity contribution < 1.29 is 51.9 Å². The molecule has 0 spiro atoms. The monoisotopic (exact) mass is 934 g/mol. The van der Waals surface area contributed by atoms with E-state index in [0.29, 0.717) is 45.3 Å². The Labute approximate surface area is 365 Å². The smallest absolute Gasteiger partial charge is 0.294 e. The first kappa shape index (κ1) is 42.4. The van der Waals surface area contributed by atoms with Crippen LogP contribution in [0.2, 0.25) is 0 Å². The number of aromatic nitrogens is 4. The molecule has 0 saturated heterocycles. The van der Waals surface area contributed by atoms with Crippen LogP contribution in [0.5, 0.6) is 0 Å². The van der Waals surface area contributed by atoms with Gasteiger partial charge in [-0.1, -0.05) is 54.6 Å². The van der Waals surface area contributed by atoms with Gasteiger partial charge in [-0.3, -0.25) is 18.2 Å². The van der Waals surface area contributed by atoms with Crippen molar-refractivity contribution in [2.75, 3.05) is 0 Å². The number of benzene rings is 4. The van der Waals surface area contributed by atoms with E-state index in [1.54, 1.807) is 54.6 Å². The molecule has 0 aliphatic carbocycles. The molecule has 3 aromatic heterocycles. The van der Waals surface area contributed by atoms with Gasteiger partial charge in [-0.25, -0.2) is 9.97 Å². The highest BCUT2D eigenvalue weighted by Crippen LogP contribution is 2.47. The van der Waals surface area contributed by atoms with Crippen molar-refractivity contribution in [1.29, 1.82) is 0 Å². The van der Waals surface area contributed by atoms with E-state index in [-0.39, 0.29) is 50.1 Å². The Hall–Kier alpha value is -6.88. The molecule has 9 rings (SSSR count). The average Bonchev–Trinajstić information content (AvgIpc) is 4.04. The second kappa shape index (κ2) is 15.4. The van der Waals surface area contributed by atoms with Gasteiger partial charge in [0.2, 0.25) is 0 Å². The van der Waals surface area contributed by atoms with Crippen LogP contribution in [0.25, 0.3) is 79.2 Å². The molecule has 322 valence electrons. The predicted molar refractivity (Wildman–Crippen MR) is 239 cm³/mol. The molecule has 8 bridgehead atoms. The van der Waals surface area contributed by atoms with E-state index in [4.69, 9.17) is 9.97 Å². The van der Waals surface area contributed by atoms with Crippen LogP contribution in [0.4, 0.5) is 0 Å². The number of hydrogen-bond donors (Lipinski definition) is 6. The Kier molecular flexibility index (Phi) is 10.2. The molecule has 6 N–H and O–H groups in total. The molecule has 0 fully saturated rings. The Bertz CT molecular complexity index is 3780. The zero-order valence-corrected chi connectivity index (χ0v) is 35.7. The van der Waals surface area contributed by atoms with E-state index in [1.165, 1.54) is 30.3 Å². The third-order valence-corrected chi connectivity index (χ3v) is 13.7. The summed E-state index contributed by atoms with van der Waals surface area (Å²) in [6.07, 6.45) is 5.19. The third-order valence-electron chi connectivity index (χ3n) is 10.3. The number of rotatable bonds is 8. The summed E-state index contributed by atoms with van der Waals surface area (Å²) in [6, 6.07) is 30.5. The van der Waals surface area contributed by atoms with Crippen LogP contribution in [0.1, 0.15) is 28.3 Å². The number of hydrogen-bond acceptors (Lipinski definition) is 10. The predicted octanol–water partition coefficient (Wildman–Crippen LogP) is 8.06. The highest BCUT2D eigenvalue weighted by Gasteiger charge is 2.28. The molecular formula is C44H30N4O12S4. The van der Waals surface area contributed by atoms with E-state index in [2.05, 4.69) is 9.97 Å². The van der Waals surface area contributed by atoms with Gasteiger partial charge in [0.05, 0.1) is 47.9 Å². The maximum Gasteiger partial charge on any atom is 0.294 e. The molecule has 64 heavy (non-hydrogen) atoms. The minimum atomic E-state index is -5.16. The van der Waals surface area contributed by atoms with Crippen molar-refractivity contribution in [2.45, 2.75) is 19.6 Å². The first-order valence-corrected chi connectivity index (χ1v) is 24.5. The van der Waals surface area contributed by atoms with Gasteiger partial charge in [0.1, 0.15) is 0 Å². The topological polar surface area (TPSA) is 275 Å². The van der Waals surface area contributed by atoms with Gasteiger partial charge in [-0.05, 0) is 113 Å². The minimum Gasteiger partial charge on any atom is -0.355 e. The quantitative estimate of drug-likeness (QED) is 0.0787. The summed E-state index contributed by atoms with van der Waals surface area (Å²) in [5.41, 5.74) is 4.66. The molecular weight excluding hydrogens is 905 g/mol. The number of fused-ring (bicyclic) bond motifs is 8. The van der Waals surface area contributed by atoms with Crippen molar-refractivity contribution in [3.05, 3.63) is 156 Å². The Morgan fingerprint density at radius 2 is 0.969 bits per heavy atom. The molecule has 2 aliphatic heterocycles. The third kappa shape index (κ3) is 8.34. The molecule has 4 aromatic carbocycles. The lowest BCUT2D eigenvalue weighted by atomic mass is 9.91. The summed E-state index contributed by atoms with van der Waals surface area (Å²) in [7, 11) is -19.9. The maximum absolute atomic E-state index is 12.8. The van der Waals surface area contributed by atoms with Crippen molar-refractivity contribution in [2.24, 2.45) is 0 Å². The lowest BCUT2D eigenvalue weighted by molar-refractivity contribution is 0.478. The van der Waals surface area contributed by atoms with E-state index in [0.717, 1.165) is 24.3 Å². The van der Waals surface area contributed by atoms with Crippen molar-refractivity contribution >= 4 is 86.3 Å². The van der Waals surface area contributed by atoms with E-state index < -0.39 is 60.1 Å². The van der Waals surface area contributed by atoms with E-state index >= 15 is 0 Å². The summed E-state index contributed by atoms with van der Waals surface area (Å²) in [6.45, 7) is 0. The summed E-state index contributed by atoms with van der Waals surface area (Å²) in [5.74, 6) is 0. The van der Waals surface area contributed by atoms with Crippen LogP contribution < -0.4 is 0 Å². The lowest BCUT2D eigenvalue weighted by Gasteiger charge is -2.14. The van der Waals surface area contributed by atoms with Crippen LogP contribution in [-0.4, -0.2) is 71.8 Å². The summed E-state index contributed by atoms with van der Waals surface area (Å²) in [5, 5.41) is 0. The van der Waals surface area contributed by atoms with Crippen molar-refractivity contribution in [3.63, 3.8) is 0 Å². The summed E-state index contributed by atoms with van der Waals surface area (Å²) >= 11 is 0. The normalized spacial score (nSPS) is 13.2. The zero-order valence-electron chi connectivity index (χ0n) is 32.4. The SMILES string of the molecule is O=S(=O)(O)c1ccc(-c2c(-c3cc(S(=O)(=O)O)cc(S(=O)(=O)O)c3)c3cc4nc(cc5ccc(cc6nc(c(-c7cccc(S(=O)(=O)O)c7)c2[nH]3)C(c2ccccc2)=C6)[nH]5)C=C4)cc1. The number of nitrogens with zero attached hydrogens (tertiary/aromatic N) is 2. The zero-order chi connectivity index (χ0) is 45.3. The van der Waals surface area contributed by atoms with Gasteiger partial charge in [0.15, 0.2) is 0 Å². The Morgan fingerprint density at radius 1 is 0.406 bits per heavy atom. The van der Waals surface area contributed by atoms with Crippen molar-refractivity contribution in [3.8, 4) is 33.4 Å². The van der Waals surface area contributed by atoms with Crippen LogP contribution in [0.15, 0.2) is 147 Å². The van der Waals surface area contributed by atoms with Crippen LogP contribution in [0.3, 0.4) is 0 Å². The van der Waals surface area contributed by atoms with Gasteiger partial charge in [-0.15, -0.1) is 0 Å². The number of aromatic amines is 2. The summed E-state index contributed by atoms with van der Waals surface area (Å²) in [4.78, 5) is 13.7.